The highest BCUT2D eigenvalue weighted by molar-refractivity contribution is 5.77. The van der Waals surface area contributed by atoms with Gasteiger partial charge in [0.25, 0.3) is 5.91 Å². The summed E-state index contributed by atoms with van der Waals surface area (Å²) in [6.45, 7) is 3.88. The van der Waals surface area contributed by atoms with Crippen LogP contribution in [0.3, 0.4) is 0 Å². The Morgan fingerprint density at radius 1 is 1.18 bits per heavy atom. The molecule has 1 fully saturated rings. The molecule has 0 radical (unpaired) electrons. The molecule has 2 aromatic rings. The quantitative estimate of drug-likeness (QED) is 0.632. The van der Waals surface area contributed by atoms with E-state index in [0.29, 0.717) is 32.1 Å². The highest BCUT2D eigenvalue weighted by Crippen LogP contribution is 2.23. The predicted molar refractivity (Wildman–Crippen MR) is 103 cm³/mol. The van der Waals surface area contributed by atoms with E-state index in [1.807, 2.05) is 47.6 Å². The van der Waals surface area contributed by atoms with Gasteiger partial charge in [0.2, 0.25) is 0 Å². The summed E-state index contributed by atoms with van der Waals surface area (Å²) < 4.78 is 12.4. The number of benzene rings is 1. The minimum atomic E-state index is -0.180. The number of carbonyl (C=O) groups is 1. The van der Waals surface area contributed by atoms with Crippen molar-refractivity contribution in [3.05, 3.63) is 36.7 Å². The topological polar surface area (TPSA) is 81.1 Å². The Kier molecular flexibility index (Phi) is 7.38. The van der Waals surface area contributed by atoms with Gasteiger partial charge in [-0.3, -0.25) is 19.7 Å². The van der Waals surface area contributed by atoms with Crippen LogP contribution in [-0.2, 0) is 21.4 Å². The molecule has 2 heterocycles. The first-order valence-corrected chi connectivity index (χ1v) is 9.27. The van der Waals surface area contributed by atoms with E-state index >= 15 is 0 Å². The molecule has 1 aliphatic heterocycles. The third-order valence-corrected chi connectivity index (χ3v) is 4.32. The van der Waals surface area contributed by atoms with Crippen LogP contribution in [0.2, 0.25) is 0 Å². The molecule has 0 atom stereocenters. The first-order valence-electron chi connectivity index (χ1n) is 9.27. The molecular weight excluding hydrogens is 362 g/mol. The van der Waals surface area contributed by atoms with Crippen molar-refractivity contribution in [2.24, 2.45) is 7.05 Å². The lowest BCUT2D eigenvalue weighted by molar-refractivity contribution is -0.188. The Balaban J connectivity index is 1.40. The standard InChI is InChI=1S/C19H27N5O4/c1-22-14-17(13-20-22)16-4-3-5-18(12-16)27-15-19(25)21-23-6-8-24(9-7-23)28-11-10-26-2/h3-5,12-14H,6-11,15H2,1-2H3,(H,21,25). The van der Waals surface area contributed by atoms with Gasteiger partial charge in [-0.15, -0.1) is 0 Å². The van der Waals surface area contributed by atoms with Crippen LogP contribution in [0.25, 0.3) is 11.1 Å². The van der Waals surface area contributed by atoms with Crippen LogP contribution in [0.4, 0.5) is 0 Å². The van der Waals surface area contributed by atoms with Crippen molar-refractivity contribution in [2.75, 3.05) is 53.1 Å². The van der Waals surface area contributed by atoms with Crippen molar-refractivity contribution in [3.8, 4) is 16.9 Å². The van der Waals surface area contributed by atoms with Crippen LogP contribution in [0.15, 0.2) is 36.7 Å². The molecule has 28 heavy (non-hydrogen) atoms. The van der Waals surface area contributed by atoms with Crippen LogP contribution in [0.1, 0.15) is 0 Å². The fraction of sp³-hybridized carbons (Fsp3) is 0.474. The molecule has 1 aliphatic rings. The summed E-state index contributed by atoms with van der Waals surface area (Å²) >= 11 is 0. The molecule has 152 valence electrons. The van der Waals surface area contributed by atoms with Gasteiger partial charge < -0.3 is 9.47 Å². The molecule has 3 rings (SSSR count). The minimum Gasteiger partial charge on any atom is -0.484 e. The van der Waals surface area contributed by atoms with E-state index in [-0.39, 0.29) is 12.5 Å². The Bertz CT molecular complexity index is 758. The van der Waals surface area contributed by atoms with Crippen LogP contribution in [-0.4, -0.2) is 78.9 Å². The number of piperazine rings is 1. The molecule has 1 amide bonds. The van der Waals surface area contributed by atoms with Gasteiger partial charge in [-0.1, -0.05) is 12.1 Å². The Morgan fingerprint density at radius 3 is 2.71 bits per heavy atom. The fourth-order valence-electron chi connectivity index (χ4n) is 2.87. The van der Waals surface area contributed by atoms with Gasteiger partial charge >= 0.3 is 0 Å². The monoisotopic (exact) mass is 389 g/mol. The van der Waals surface area contributed by atoms with Gasteiger partial charge in [0.15, 0.2) is 6.61 Å². The SMILES string of the molecule is COCCON1CCN(NC(=O)COc2cccc(-c3cnn(C)c3)c2)CC1. The van der Waals surface area contributed by atoms with Gasteiger partial charge in [0, 0.05) is 52.1 Å². The second-order valence-corrected chi connectivity index (χ2v) is 6.50. The smallest absolute Gasteiger partial charge is 0.272 e. The number of hydrogen-bond donors (Lipinski definition) is 1. The molecular formula is C19H27N5O4. The lowest BCUT2D eigenvalue weighted by Gasteiger charge is -2.33. The summed E-state index contributed by atoms with van der Waals surface area (Å²) in [4.78, 5) is 17.8. The maximum atomic E-state index is 12.2. The van der Waals surface area contributed by atoms with E-state index in [2.05, 4.69) is 10.5 Å². The number of methoxy groups -OCH3 is 1. The number of aromatic nitrogens is 2. The Labute approximate surface area is 164 Å². The summed E-state index contributed by atoms with van der Waals surface area (Å²) in [6, 6.07) is 7.63. The van der Waals surface area contributed by atoms with E-state index in [0.717, 1.165) is 24.2 Å². The van der Waals surface area contributed by atoms with Crippen molar-refractivity contribution in [3.63, 3.8) is 0 Å². The largest absolute Gasteiger partial charge is 0.484 e. The fourth-order valence-corrected chi connectivity index (χ4v) is 2.87. The van der Waals surface area contributed by atoms with E-state index in [4.69, 9.17) is 14.3 Å². The molecule has 0 saturated carbocycles. The normalized spacial score (nSPS) is 15.5. The maximum absolute atomic E-state index is 12.2. The maximum Gasteiger partial charge on any atom is 0.272 e. The van der Waals surface area contributed by atoms with E-state index < -0.39 is 0 Å². The number of ether oxygens (including phenoxy) is 2. The van der Waals surface area contributed by atoms with Crippen molar-refractivity contribution in [2.45, 2.75) is 0 Å². The number of aryl methyl sites for hydroxylation is 1. The molecule has 1 aromatic heterocycles. The molecule has 0 bridgehead atoms. The zero-order valence-electron chi connectivity index (χ0n) is 16.3. The zero-order chi connectivity index (χ0) is 19.8. The van der Waals surface area contributed by atoms with E-state index in [1.165, 1.54) is 0 Å². The Morgan fingerprint density at radius 2 is 2.00 bits per heavy atom. The first kappa shape index (κ1) is 20.3. The number of hydrazine groups is 1. The Hall–Kier alpha value is -2.46. The van der Waals surface area contributed by atoms with Gasteiger partial charge in [0.1, 0.15) is 5.75 Å². The molecule has 1 aromatic carbocycles. The highest BCUT2D eigenvalue weighted by atomic mass is 16.7. The predicted octanol–water partition coefficient (Wildman–Crippen LogP) is 0.693. The average molecular weight is 389 g/mol. The number of hydroxylamine groups is 2. The van der Waals surface area contributed by atoms with Crippen molar-refractivity contribution in [1.82, 2.24) is 25.3 Å². The van der Waals surface area contributed by atoms with E-state index in [9.17, 15) is 4.79 Å². The van der Waals surface area contributed by atoms with Crippen molar-refractivity contribution in [1.29, 1.82) is 0 Å². The molecule has 1 saturated heterocycles. The summed E-state index contributed by atoms with van der Waals surface area (Å²) in [5.74, 6) is 0.466. The van der Waals surface area contributed by atoms with Gasteiger partial charge in [-0.25, -0.2) is 5.01 Å². The summed E-state index contributed by atoms with van der Waals surface area (Å²) in [6.07, 6.45) is 3.73. The zero-order valence-corrected chi connectivity index (χ0v) is 16.3. The molecule has 9 nitrogen and oxygen atoms in total. The van der Waals surface area contributed by atoms with Crippen LogP contribution in [0, 0.1) is 0 Å². The summed E-state index contributed by atoms with van der Waals surface area (Å²) in [5.41, 5.74) is 4.87. The minimum absolute atomic E-state index is 0.0406. The number of hydrogen-bond acceptors (Lipinski definition) is 7. The van der Waals surface area contributed by atoms with Crippen LogP contribution < -0.4 is 10.2 Å². The number of nitrogens with one attached hydrogen (secondary N) is 1. The highest BCUT2D eigenvalue weighted by Gasteiger charge is 2.19. The molecule has 0 aliphatic carbocycles. The average Bonchev–Trinajstić information content (AvgIpc) is 3.15. The lowest BCUT2D eigenvalue weighted by atomic mass is 10.1. The molecule has 0 unspecified atom stereocenters. The third kappa shape index (κ3) is 6.03. The molecule has 9 heteroatoms. The van der Waals surface area contributed by atoms with Crippen LogP contribution in [0.5, 0.6) is 5.75 Å². The number of rotatable bonds is 9. The van der Waals surface area contributed by atoms with Gasteiger partial charge in [-0.2, -0.15) is 10.2 Å². The number of amides is 1. The summed E-state index contributed by atoms with van der Waals surface area (Å²) in [5, 5.41) is 7.95. The summed E-state index contributed by atoms with van der Waals surface area (Å²) in [7, 11) is 3.52. The van der Waals surface area contributed by atoms with E-state index in [1.54, 1.807) is 18.0 Å². The third-order valence-electron chi connectivity index (χ3n) is 4.32. The van der Waals surface area contributed by atoms with Gasteiger partial charge in [0.05, 0.1) is 19.4 Å². The lowest BCUT2D eigenvalue weighted by Crippen LogP contribution is -2.54. The van der Waals surface area contributed by atoms with Gasteiger partial charge in [-0.05, 0) is 17.7 Å². The first-order chi connectivity index (χ1) is 13.6. The molecule has 0 spiro atoms. The van der Waals surface area contributed by atoms with Crippen molar-refractivity contribution >= 4 is 5.91 Å². The number of carbonyl (C=O) groups excluding carboxylic acids is 1. The number of nitrogens with zero attached hydrogens (tertiary/aromatic N) is 4. The molecule has 1 N–H and O–H groups in total. The second-order valence-electron chi connectivity index (χ2n) is 6.50. The van der Waals surface area contributed by atoms with Crippen LogP contribution >= 0.6 is 0 Å². The van der Waals surface area contributed by atoms with Crippen molar-refractivity contribution < 1.29 is 19.1 Å². The second kappa shape index (κ2) is 10.2.